The van der Waals surface area contributed by atoms with E-state index in [2.05, 4.69) is 50.2 Å². The smallest absolute Gasteiger partial charge is 0.0410 e. The minimum Gasteiger partial charge on any atom is -0.330 e. The van der Waals surface area contributed by atoms with Crippen LogP contribution in [-0.2, 0) is 0 Å². The molecule has 0 aromatic heterocycles. The summed E-state index contributed by atoms with van der Waals surface area (Å²) in [5.74, 6) is 0. The van der Waals surface area contributed by atoms with Crippen molar-refractivity contribution >= 4 is 0 Å². The van der Waals surface area contributed by atoms with Gasteiger partial charge in [0, 0.05) is 11.5 Å². The van der Waals surface area contributed by atoms with E-state index in [1.165, 1.54) is 24.0 Å². The molecule has 0 radical (unpaired) electrons. The third kappa shape index (κ3) is 2.00. The summed E-state index contributed by atoms with van der Waals surface area (Å²) in [6.45, 7) is 2.92. The fourth-order valence-corrected chi connectivity index (χ4v) is 2.70. The first kappa shape index (κ1) is 11.6. The average molecular weight is 218 g/mol. The first-order chi connectivity index (χ1) is 7.59. The van der Waals surface area contributed by atoms with Crippen LogP contribution in [-0.4, -0.2) is 25.5 Å². The monoisotopic (exact) mass is 218 g/mol. The Balaban J connectivity index is 2.30. The van der Waals surface area contributed by atoms with Crippen molar-refractivity contribution in [1.82, 2.24) is 4.90 Å². The molecule has 2 rings (SSSR count). The Morgan fingerprint density at radius 1 is 1.25 bits per heavy atom. The van der Waals surface area contributed by atoms with Crippen LogP contribution in [0, 0.1) is 12.3 Å². The zero-order valence-electron chi connectivity index (χ0n) is 10.5. The second-order valence-corrected chi connectivity index (χ2v) is 5.34. The largest absolute Gasteiger partial charge is 0.330 e. The molecule has 2 heteroatoms. The Labute approximate surface area is 98.4 Å². The fourth-order valence-electron chi connectivity index (χ4n) is 2.70. The first-order valence-corrected chi connectivity index (χ1v) is 6.02. The van der Waals surface area contributed by atoms with E-state index in [0.717, 1.165) is 6.54 Å². The van der Waals surface area contributed by atoms with Crippen LogP contribution in [0.2, 0.25) is 0 Å². The number of benzene rings is 1. The lowest BCUT2D eigenvalue weighted by atomic mass is 9.89. The van der Waals surface area contributed by atoms with Crippen LogP contribution in [0.15, 0.2) is 24.3 Å². The van der Waals surface area contributed by atoms with Crippen LogP contribution in [0.5, 0.6) is 0 Å². The normalized spacial score (nSPS) is 19.8. The summed E-state index contributed by atoms with van der Waals surface area (Å²) < 4.78 is 0. The third-order valence-electron chi connectivity index (χ3n) is 3.79. The van der Waals surface area contributed by atoms with Gasteiger partial charge in [-0.2, -0.15) is 0 Å². The average Bonchev–Trinajstić information content (AvgIpc) is 3.02. The maximum atomic E-state index is 5.95. The molecule has 0 bridgehead atoms. The summed E-state index contributed by atoms with van der Waals surface area (Å²) in [5.41, 5.74) is 9.00. The molecule has 0 saturated heterocycles. The molecule has 0 aliphatic heterocycles. The molecule has 1 aliphatic rings. The topological polar surface area (TPSA) is 29.3 Å². The summed E-state index contributed by atoms with van der Waals surface area (Å²) in [4.78, 5) is 2.31. The molecule has 16 heavy (non-hydrogen) atoms. The molecule has 1 fully saturated rings. The molecule has 0 amide bonds. The standard InChI is InChI=1S/C14H22N2/c1-11-4-6-12(7-5-11)13(16(2)3)14(10-15)8-9-14/h4-7,13H,8-10,15H2,1-3H3. The highest BCUT2D eigenvalue weighted by atomic mass is 15.1. The Kier molecular flexibility index (Phi) is 3.04. The molecule has 1 aromatic carbocycles. The van der Waals surface area contributed by atoms with Crippen LogP contribution in [0.25, 0.3) is 0 Å². The number of nitrogens with zero attached hydrogens (tertiary/aromatic N) is 1. The van der Waals surface area contributed by atoms with Gasteiger partial charge in [0.15, 0.2) is 0 Å². The maximum Gasteiger partial charge on any atom is 0.0410 e. The number of hydrogen-bond acceptors (Lipinski definition) is 2. The Bertz CT molecular complexity index is 350. The zero-order chi connectivity index (χ0) is 11.8. The summed E-state index contributed by atoms with van der Waals surface area (Å²) in [6, 6.07) is 9.35. The van der Waals surface area contributed by atoms with Crippen LogP contribution >= 0.6 is 0 Å². The van der Waals surface area contributed by atoms with E-state index in [9.17, 15) is 0 Å². The van der Waals surface area contributed by atoms with Gasteiger partial charge in [0.25, 0.3) is 0 Å². The summed E-state index contributed by atoms with van der Waals surface area (Å²) in [7, 11) is 4.31. The zero-order valence-corrected chi connectivity index (χ0v) is 10.5. The van der Waals surface area contributed by atoms with E-state index in [-0.39, 0.29) is 0 Å². The lowest BCUT2D eigenvalue weighted by Crippen LogP contribution is -2.33. The minimum absolute atomic E-state index is 0.332. The Hall–Kier alpha value is -0.860. The molecule has 1 saturated carbocycles. The van der Waals surface area contributed by atoms with E-state index < -0.39 is 0 Å². The van der Waals surface area contributed by atoms with Gasteiger partial charge >= 0.3 is 0 Å². The van der Waals surface area contributed by atoms with Gasteiger partial charge in [-0.25, -0.2) is 0 Å². The Morgan fingerprint density at radius 3 is 2.19 bits per heavy atom. The molecular weight excluding hydrogens is 196 g/mol. The van der Waals surface area contributed by atoms with E-state index >= 15 is 0 Å². The molecule has 0 spiro atoms. The second kappa shape index (κ2) is 4.19. The van der Waals surface area contributed by atoms with Crippen molar-refractivity contribution in [2.24, 2.45) is 11.1 Å². The number of rotatable bonds is 4. The molecule has 1 aromatic rings. The molecule has 1 unspecified atom stereocenters. The van der Waals surface area contributed by atoms with Gasteiger partial charge in [-0.15, -0.1) is 0 Å². The highest BCUT2D eigenvalue weighted by Crippen LogP contribution is 2.55. The number of hydrogen-bond donors (Lipinski definition) is 1. The maximum absolute atomic E-state index is 5.95. The van der Waals surface area contributed by atoms with Crippen LogP contribution in [0.1, 0.15) is 30.0 Å². The predicted octanol–water partition coefficient (Wildman–Crippen LogP) is 2.34. The number of nitrogens with two attached hydrogens (primary N) is 1. The summed E-state index contributed by atoms with van der Waals surface area (Å²) in [6.07, 6.45) is 2.53. The third-order valence-corrected chi connectivity index (χ3v) is 3.79. The minimum atomic E-state index is 0.332. The molecule has 2 nitrogen and oxygen atoms in total. The lowest BCUT2D eigenvalue weighted by molar-refractivity contribution is 0.198. The molecular formula is C14H22N2. The molecule has 88 valence electrons. The van der Waals surface area contributed by atoms with Gasteiger partial charge in [-0.3, -0.25) is 0 Å². The van der Waals surface area contributed by atoms with Crippen molar-refractivity contribution in [3.05, 3.63) is 35.4 Å². The lowest BCUT2D eigenvalue weighted by Gasteiger charge is -2.32. The van der Waals surface area contributed by atoms with Gasteiger partial charge in [0.05, 0.1) is 0 Å². The number of aryl methyl sites for hydroxylation is 1. The van der Waals surface area contributed by atoms with Crippen molar-refractivity contribution in [2.75, 3.05) is 20.6 Å². The molecule has 0 heterocycles. The molecule has 2 N–H and O–H groups in total. The van der Waals surface area contributed by atoms with Gasteiger partial charge < -0.3 is 10.6 Å². The van der Waals surface area contributed by atoms with E-state index in [1.54, 1.807) is 0 Å². The predicted molar refractivity (Wildman–Crippen MR) is 68.3 cm³/mol. The van der Waals surface area contributed by atoms with Crippen molar-refractivity contribution in [3.8, 4) is 0 Å². The van der Waals surface area contributed by atoms with Gasteiger partial charge in [0.1, 0.15) is 0 Å². The highest BCUT2D eigenvalue weighted by molar-refractivity contribution is 5.27. The second-order valence-electron chi connectivity index (χ2n) is 5.34. The van der Waals surface area contributed by atoms with Crippen molar-refractivity contribution in [1.29, 1.82) is 0 Å². The first-order valence-electron chi connectivity index (χ1n) is 6.02. The van der Waals surface area contributed by atoms with Gasteiger partial charge in [0.2, 0.25) is 0 Å². The summed E-state index contributed by atoms with van der Waals surface area (Å²) >= 11 is 0. The van der Waals surface area contributed by atoms with Gasteiger partial charge in [-0.05, 0) is 46.0 Å². The van der Waals surface area contributed by atoms with Crippen LogP contribution in [0.3, 0.4) is 0 Å². The van der Waals surface area contributed by atoms with E-state index in [4.69, 9.17) is 5.73 Å². The summed E-state index contributed by atoms with van der Waals surface area (Å²) in [5, 5.41) is 0. The van der Waals surface area contributed by atoms with Gasteiger partial charge in [-0.1, -0.05) is 29.8 Å². The van der Waals surface area contributed by atoms with E-state index in [0.29, 0.717) is 11.5 Å². The molecule has 1 atom stereocenters. The van der Waals surface area contributed by atoms with Crippen molar-refractivity contribution in [2.45, 2.75) is 25.8 Å². The fraction of sp³-hybridized carbons (Fsp3) is 0.571. The van der Waals surface area contributed by atoms with Crippen molar-refractivity contribution in [3.63, 3.8) is 0 Å². The van der Waals surface area contributed by atoms with Crippen LogP contribution in [0.4, 0.5) is 0 Å². The Morgan fingerprint density at radius 2 is 1.81 bits per heavy atom. The molecule has 1 aliphatic carbocycles. The SMILES string of the molecule is Cc1ccc(C(N(C)C)C2(CN)CC2)cc1. The highest BCUT2D eigenvalue weighted by Gasteiger charge is 2.49. The quantitative estimate of drug-likeness (QED) is 0.840. The van der Waals surface area contributed by atoms with Crippen LogP contribution < -0.4 is 5.73 Å². The van der Waals surface area contributed by atoms with E-state index in [1.807, 2.05) is 0 Å². The van der Waals surface area contributed by atoms with Crippen molar-refractivity contribution < 1.29 is 0 Å².